The highest BCUT2D eigenvalue weighted by molar-refractivity contribution is 6.99. The van der Waals surface area contributed by atoms with E-state index in [2.05, 4.69) is 111 Å². The first-order chi connectivity index (χ1) is 17.3. The largest absolute Gasteiger partial charge is 0.466 e. The van der Waals surface area contributed by atoms with Gasteiger partial charge in [-0.3, -0.25) is 9.69 Å². The first kappa shape index (κ1) is 26.3. The van der Waals surface area contributed by atoms with Gasteiger partial charge in [0.15, 0.2) is 0 Å². The summed E-state index contributed by atoms with van der Waals surface area (Å²) < 4.78 is 13.0. The number of hydrogen-bond donors (Lipinski definition) is 0. The molecule has 1 saturated heterocycles. The average Bonchev–Trinajstić information content (AvgIpc) is 2.88. The molecule has 0 amide bonds. The number of benzene rings is 3. The zero-order chi connectivity index (χ0) is 25.6. The molecule has 4 nitrogen and oxygen atoms in total. The molecule has 0 spiro atoms. The summed E-state index contributed by atoms with van der Waals surface area (Å²) in [6, 6.07) is 31.8. The predicted molar refractivity (Wildman–Crippen MR) is 149 cm³/mol. The summed E-state index contributed by atoms with van der Waals surface area (Å²) in [5.74, 6) is -0.418. The summed E-state index contributed by atoms with van der Waals surface area (Å²) in [4.78, 5) is 15.6. The van der Waals surface area contributed by atoms with Gasteiger partial charge >= 0.3 is 5.97 Å². The molecule has 190 valence electrons. The number of carbonyl (C=O) groups excluding carboxylic acids is 1. The number of piperidine rings is 1. The van der Waals surface area contributed by atoms with Crippen molar-refractivity contribution >= 4 is 24.7 Å². The maximum atomic E-state index is 13.2. The third-order valence-electron chi connectivity index (χ3n) is 7.23. The number of rotatable bonds is 8. The summed E-state index contributed by atoms with van der Waals surface area (Å²) in [7, 11) is -2.80. The summed E-state index contributed by atoms with van der Waals surface area (Å²) >= 11 is 0. The minimum absolute atomic E-state index is 0.139. The first-order valence-corrected chi connectivity index (χ1v) is 15.0. The molecule has 0 bridgehead atoms. The molecule has 0 N–H and O–H groups in total. The van der Waals surface area contributed by atoms with Gasteiger partial charge in [0.1, 0.15) is 0 Å². The molecule has 1 fully saturated rings. The molecule has 1 heterocycles. The molecule has 0 saturated carbocycles. The van der Waals surface area contributed by atoms with Crippen LogP contribution < -0.4 is 10.4 Å². The average molecular weight is 502 g/mol. The smallest absolute Gasteiger partial charge is 0.311 e. The minimum atomic E-state index is -2.80. The molecule has 0 radical (unpaired) electrons. The minimum Gasteiger partial charge on any atom is -0.466 e. The van der Waals surface area contributed by atoms with Gasteiger partial charge in [0.2, 0.25) is 0 Å². The maximum Gasteiger partial charge on any atom is 0.311 e. The molecular formula is C31H39NO3Si. The van der Waals surface area contributed by atoms with E-state index in [-0.39, 0.29) is 23.0 Å². The molecule has 5 heteroatoms. The highest BCUT2D eigenvalue weighted by Crippen LogP contribution is 2.39. The van der Waals surface area contributed by atoms with Gasteiger partial charge < -0.3 is 9.16 Å². The number of carbonyl (C=O) groups is 1. The highest BCUT2D eigenvalue weighted by Gasteiger charge is 2.53. The van der Waals surface area contributed by atoms with Crippen LogP contribution in [0.25, 0.3) is 0 Å². The Balaban J connectivity index is 1.76. The van der Waals surface area contributed by atoms with Gasteiger partial charge in [0.05, 0.1) is 18.6 Å². The van der Waals surface area contributed by atoms with E-state index in [4.69, 9.17) is 9.16 Å². The van der Waals surface area contributed by atoms with Crippen LogP contribution in [0.4, 0.5) is 0 Å². The van der Waals surface area contributed by atoms with E-state index in [1.165, 1.54) is 15.9 Å². The second-order valence-electron chi connectivity index (χ2n) is 10.7. The van der Waals surface area contributed by atoms with E-state index in [0.717, 1.165) is 19.5 Å². The van der Waals surface area contributed by atoms with Crippen molar-refractivity contribution in [2.24, 2.45) is 5.92 Å². The molecule has 2 atom stereocenters. The van der Waals surface area contributed by atoms with Gasteiger partial charge in [-0.25, -0.2) is 0 Å². The van der Waals surface area contributed by atoms with E-state index in [0.29, 0.717) is 13.2 Å². The normalized spacial score (nSPS) is 19.1. The Morgan fingerprint density at radius 3 is 1.92 bits per heavy atom. The van der Waals surface area contributed by atoms with E-state index < -0.39 is 8.32 Å². The summed E-state index contributed by atoms with van der Waals surface area (Å²) in [6.45, 7) is 11.5. The van der Waals surface area contributed by atoms with Crippen LogP contribution in [0.2, 0.25) is 5.04 Å². The van der Waals surface area contributed by atoms with Crippen molar-refractivity contribution in [1.29, 1.82) is 0 Å². The topological polar surface area (TPSA) is 38.8 Å². The predicted octanol–water partition coefficient (Wildman–Crippen LogP) is 5.02. The zero-order valence-corrected chi connectivity index (χ0v) is 23.0. The Kier molecular flexibility index (Phi) is 8.45. The van der Waals surface area contributed by atoms with E-state index in [1.54, 1.807) is 0 Å². The van der Waals surface area contributed by atoms with Crippen molar-refractivity contribution in [1.82, 2.24) is 4.90 Å². The van der Waals surface area contributed by atoms with Crippen molar-refractivity contribution < 1.29 is 14.0 Å². The van der Waals surface area contributed by atoms with Crippen molar-refractivity contribution in [3.63, 3.8) is 0 Å². The van der Waals surface area contributed by atoms with Crippen molar-refractivity contribution in [2.45, 2.75) is 51.8 Å². The summed E-state index contributed by atoms with van der Waals surface area (Å²) in [6.07, 6.45) is 0.474. The molecule has 3 aromatic carbocycles. The standard InChI is InChI=1S/C31H39NO3Si/c1-5-34-30(33)28-21-22-32(23-25-15-9-6-10-16-25)24-29(28)35-36(31(2,3)4,26-17-11-7-12-18-26)27-19-13-8-14-20-27/h6-20,28-29H,5,21-24H2,1-4H3/t28-,29-/m1/s1. The van der Waals surface area contributed by atoms with Crippen LogP contribution in [0.1, 0.15) is 39.7 Å². The third-order valence-corrected chi connectivity index (χ3v) is 12.3. The van der Waals surface area contributed by atoms with E-state index in [9.17, 15) is 4.79 Å². The maximum absolute atomic E-state index is 13.2. The summed E-state index contributed by atoms with van der Waals surface area (Å²) in [5.41, 5.74) is 1.27. The van der Waals surface area contributed by atoms with Crippen LogP contribution in [0.3, 0.4) is 0 Å². The molecule has 1 aliphatic heterocycles. The highest BCUT2D eigenvalue weighted by atomic mass is 28.4. The SMILES string of the molecule is CCOC(=O)[C@@H]1CCN(Cc2ccccc2)C[C@H]1O[Si](c1ccccc1)(c1ccccc1)C(C)(C)C. The van der Waals surface area contributed by atoms with Crippen molar-refractivity contribution in [2.75, 3.05) is 19.7 Å². The fraction of sp³-hybridized carbons (Fsp3) is 0.387. The van der Waals surface area contributed by atoms with Crippen LogP contribution in [-0.4, -0.2) is 45.0 Å². The third kappa shape index (κ3) is 5.64. The molecule has 0 unspecified atom stereocenters. The molecule has 3 aromatic rings. The van der Waals surface area contributed by atoms with Crippen LogP contribution >= 0.6 is 0 Å². The lowest BCUT2D eigenvalue weighted by Gasteiger charge is -2.48. The van der Waals surface area contributed by atoms with Crippen molar-refractivity contribution in [3.05, 3.63) is 96.6 Å². The zero-order valence-electron chi connectivity index (χ0n) is 22.0. The molecule has 1 aliphatic rings. The Bertz CT molecular complexity index is 1060. The van der Waals surface area contributed by atoms with Crippen LogP contribution in [-0.2, 0) is 20.5 Å². The van der Waals surface area contributed by atoms with Crippen LogP contribution in [0.5, 0.6) is 0 Å². The number of ether oxygens (including phenoxy) is 1. The van der Waals surface area contributed by atoms with E-state index in [1.807, 2.05) is 13.0 Å². The van der Waals surface area contributed by atoms with Gasteiger partial charge in [0, 0.05) is 13.1 Å². The molecule has 0 aliphatic carbocycles. The number of nitrogens with zero attached hydrogens (tertiary/aromatic N) is 1. The number of esters is 1. The molecular weight excluding hydrogens is 462 g/mol. The van der Waals surface area contributed by atoms with Gasteiger partial charge in [-0.05, 0) is 40.9 Å². The quantitative estimate of drug-likeness (QED) is 0.321. The fourth-order valence-corrected chi connectivity index (χ4v) is 10.2. The Morgan fingerprint density at radius 1 is 0.889 bits per heavy atom. The molecule has 4 rings (SSSR count). The van der Waals surface area contributed by atoms with Gasteiger partial charge in [-0.2, -0.15) is 0 Å². The number of hydrogen-bond acceptors (Lipinski definition) is 4. The lowest BCUT2D eigenvalue weighted by molar-refractivity contribution is -0.154. The van der Waals surface area contributed by atoms with Crippen molar-refractivity contribution in [3.8, 4) is 0 Å². The van der Waals surface area contributed by atoms with E-state index >= 15 is 0 Å². The Labute approximate surface area is 217 Å². The number of likely N-dealkylation sites (tertiary alicyclic amines) is 1. The lowest BCUT2D eigenvalue weighted by atomic mass is 9.93. The Hall–Kier alpha value is -2.73. The lowest BCUT2D eigenvalue weighted by Crippen LogP contribution is -2.69. The fourth-order valence-electron chi connectivity index (χ4n) is 5.52. The Morgan fingerprint density at radius 2 is 1.42 bits per heavy atom. The molecule has 0 aromatic heterocycles. The van der Waals surface area contributed by atoms with Crippen LogP contribution in [0, 0.1) is 5.92 Å². The monoisotopic (exact) mass is 501 g/mol. The second kappa shape index (κ2) is 11.5. The van der Waals surface area contributed by atoms with Crippen LogP contribution in [0.15, 0.2) is 91.0 Å². The van der Waals surface area contributed by atoms with Gasteiger partial charge in [0.25, 0.3) is 8.32 Å². The van der Waals surface area contributed by atoms with Gasteiger partial charge in [-0.15, -0.1) is 0 Å². The second-order valence-corrected chi connectivity index (χ2v) is 14.9. The molecule has 36 heavy (non-hydrogen) atoms. The summed E-state index contributed by atoms with van der Waals surface area (Å²) in [5, 5.41) is 2.30. The first-order valence-electron chi connectivity index (χ1n) is 13.1. The van der Waals surface area contributed by atoms with Gasteiger partial charge in [-0.1, -0.05) is 112 Å².